The van der Waals surface area contributed by atoms with Crippen LogP contribution in [0.1, 0.15) is 10.4 Å². The topological polar surface area (TPSA) is 87.1 Å². The van der Waals surface area contributed by atoms with Crippen molar-refractivity contribution in [2.75, 3.05) is 28.4 Å². The van der Waals surface area contributed by atoms with Gasteiger partial charge in [0.2, 0.25) is 0 Å². The van der Waals surface area contributed by atoms with E-state index in [1.54, 1.807) is 37.4 Å². The van der Waals surface area contributed by atoms with Gasteiger partial charge in [-0.25, -0.2) is 4.79 Å². The zero-order valence-electron chi connectivity index (χ0n) is 15.4. The molecule has 0 saturated heterocycles. The first-order valence-corrected chi connectivity index (χ1v) is 8.04. The number of carboxylic acids is 1. The van der Waals surface area contributed by atoms with Gasteiger partial charge in [0.1, 0.15) is 0 Å². The molecule has 0 spiro atoms. The Kier molecular flexibility index (Phi) is 5.03. The van der Waals surface area contributed by atoms with E-state index in [2.05, 4.69) is 4.98 Å². The molecule has 1 N–H and O–H groups in total. The third-order valence-corrected chi connectivity index (χ3v) is 4.28. The van der Waals surface area contributed by atoms with Gasteiger partial charge in [0.25, 0.3) is 0 Å². The van der Waals surface area contributed by atoms with Crippen LogP contribution in [-0.4, -0.2) is 44.5 Å². The van der Waals surface area contributed by atoms with Crippen LogP contribution in [0.2, 0.25) is 0 Å². The molecule has 0 amide bonds. The maximum Gasteiger partial charge on any atom is 0.337 e. The molecule has 3 rings (SSSR count). The van der Waals surface area contributed by atoms with Crippen LogP contribution < -0.4 is 18.9 Å². The van der Waals surface area contributed by atoms with Crippen LogP contribution in [0.4, 0.5) is 0 Å². The average molecular weight is 369 g/mol. The first-order valence-electron chi connectivity index (χ1n) is 8.04. The normalized spacial score (nSPS) is 10.5. The Labute approximate surface area is 156 Å². The molecule has 27 heavy (non-hydrogen) atoms. The lowest BCUT2D eigenvalue weighted by Gasteiger charge is -2.15. The van der Waals surface area contributed by atoms with E-state index in [1.807, 2.05) is 0 Å². The summed E-state index contributed by atoms with van der Waals surface area (Å²) in [5.41, 5.74) is 1.82. The third kappa shape index (κ3) is 3.19. The minimum Gasteiger partial charge on any atom is -0.493 e. The van der Waals surface area contributed by atoms with Crippen molar-refractivity contribution in [1.82, 2.24) is 4.98 Å². The SMILES string of the molecule is COc1ccc(-c2c(C(=O)O)cnc3cc(OC)c(OC)cc23)cc1OC. The van der Waals surface area contributed by atoms with Crippen LogP contribution in [0.15, 0.2) is 36.5 Å². The fourth-order valence-electron chi connectivity index (χ4n) is 2.98. The van der Waals surface area contributed by atoms with Crippen molar-refractivity contribution in [2.24, 2.45) is 0 Å². The van der Waals surface area contributed by atoms with Crippen LogP contribution >= 0.6 is 0 Å². The Morgan fingerprint density at radius 3 is 2.04 bits per heavy atom. The number of nitrogens with zero attached hydrogens (tertiary/aromatic N) is 1. The van der Waals surface area contributed by atoms with Gasteiger partial charge in [0.15, 0.2) is 23.0 Å². The Morgan fingerprint density at radius 1 is 0.852 bits per heavy atom. The van der Waals surface area contributed by atoms with E-state index < -0.39 is 5.97 Å². The molecule has 7 heteroatoms. The van der Waals surface area contributed by atoms with E-state index in [0.717, 1.165) is 0 Å². The van der Waals surface area contributed by atoms with Crippen LogP contribution in [0.25, 0.3) is 22.0 Å². The molecule has 2 aromatic carbocycles. The standard InChI is InChI=1S/C20H19NO6/c1-24-15-6-5-11(7-16(15)25-2)19-12-8-17(26-3)18(27-4)9-14(12)21-10-13(19)20(22)23/h5-10H,1-4H3,(H,22,23). The molecular weight excluding hydrogens is 350 g/mol. The number of aromatic carboxylic acids is 1. The summed E-state index contributed by atoms with van der Waals surface area (Å²) in [4.78, 5) is 16.1. The Hall–Kier alpha value is -3.48. The van der Waals surface area contributed by atoms with E-state index in [1.165, 1.54) is 27.5 Å². The Morgan fingerprint density at radius 2 is 1.44 bits per heavy atom. The van der Waals surface area contributed by atoms with E-state index in [9.17, 15) is 9.90 Å². The summed E-state index contributed by atoms with van der Waals surface area (Å²) in [6, 6.07) is 8.67. The highest BCUT2D eigenvalue weighted by molar-refractivity contribution is 6.07. The monoisotopic (exact) mass is 369 g/mol. The molecule has 0 radical (unpaired) electrons. The smallest absolute Gasteiger partial charge is 0.337 e. The molecule has 1 aromatic heterocycles. The number of benzene rings is 2. The molecule has 0 fully saturated rings. The predicted octanol–water partition coefficient (Wildman–Crippen LogP) is 3.63. The minimum atomic E-state index is -1.08. The number of ether oxygens (including phenoxy) is 4. The molecule has 0 saturated carbocycles. The molecular formula is C20H19NO6. The summed E-state index contributed by atoms with van der Waals surface area (Å²) >= 11 is 0. The zero-order valence-corrected chi connectivity index (χ0v) is 15.4. The number of aromatic nitrogens is 1. The van der Waals surface area contributed by atoms with E-state index in [0.29, 0.717) is 45.0 Å². The van der Waals surface area contributed by atoms with Crippen LogP contribution in [0, 0.1) is 0 Å². The van der Waals surface area contributed by atoms with Crippen molar-refractivity contribution < 1.29 is 28.8 Å². The molecule has 0 unspecified atom stereocenters. The van der Waals surface area contributed by atoms with Gasteiger partial charge in [-0.3, -0.25) is 4.98 Å². The van der Waals surface area contributed by atoms with Crippen LogP contribution in [0.5, 0.6) is 23.0 Å². The zero-order chi connectivity index (χ0) is 19.6. The van der Waals surface area contributed by atoms with Gasteiger partial charge in [0.05, 0.1) is 39.5 Å². The van der Waals surface area contributed by atoms with Gasteiger partial charge in [-0.15, -0.1) is 0 Å². The van der Waals surface area contributed by atoms with Crippen molar-refractivity contribution in [3.8, 4) is 34.1 Å². The second-order valence-electron chi connectivity index (χ2n) is 5.65. The highest BCUT2D eigenvalue weighted by atomic mass is 16.5. The summed E-state index contributed by atoms with van der Waals surface area (Å²) in [7, 11) is 6.12. The summed E-state index contributed by atoms with van der Waals surface area (Å²) in [6.07, 6.45) is 1.34. The largest absolute Gasteiger partial charge is 0.493 e. The summed E-state index contributed by atoms with van der Waals surface area (Å²) in [5, 5.41) is 10.3. The Balaban J connectivity index is 2.38. The number of hydrogen-bond acceptors (Lipinski definition) is 6. The van der Waals surface area contributed by atoms with Gasteiger partial charge < -0.3 is 24.1 Å². The maximum atomic E-state index is 11.8. The van der Waals surface area contributed by atoms with Gasteiger partial charge in [0, 0.05) is 23.2 Å². The average Bonchev–Trinajstić information content (AvgIpc) is 2.70. The number of carboxylic acid groups (broad SMARTS) is 1. The molecule has 3 aromatic rings. The molecule has 0 atom stereocenters. The number of carbonyl (C=O) groups is 1. The van der Waals surface area contributed by atoms with Gasteiger partial charge >= 0.3 is 5.97 Å². The quantitative estimate of drug-likeness (QED) is 0.710. The first kappa shape index (κ1) is 18.3. The fourth-order valence-corrected chi connectivity index (χ4v) is 2.98. The van der Waals surface area contributed by atoms with Crippen molar-refractivity contribution in [1.29, 1.82) is 0 Å². The number of fused-ring (bicyclic) bond motifs is 1. The number of rotatable bonds is 6. The molecule has 0 aliphatic heterocycles. The van der Waals surface area contributed by atoms with Gasteiger partial charge in [-0.1, -0.05) is 6.07 Å². The van der Waals surface area contributed by atoms with Crippen molar-refractivity contribution in [2.45, 2.75) is 0 Å². The maximum absolute atomic E-state index is 11.8. The summed E-state index contributed by atoms with van der Waals surface area (Å²) < 4.78 is 21.3. The van der Waals surface area contributed by atoms with E-state index in [4.69, 9.17) is 18.9 Å². The first-order chi connectivity index (χ1) is 13.0. The number of hydrogen-bond donors (Lipinski definition) is 1. The minimum absolute atomic E-state index is 0.0712. The highest BCUT2D eigenvalue weighted by Crippen LogP contribution is 2.40. The molecule has 0 aliphatic carbocycles. The highest BCUT2D eigenvalue weighted by Gasteiger charge is 2.20. The lowest BCUT2D eigenvalue weighted by atomic mass is 9.95. The van der Waals surface area contributed by atoms with Crippen LogP contribution in [-0.2, 0) is 0 Å². The van der Waals surface area contributed by atoms with Gasteiger partial charge in [-0.05, 0) is 23.8 Å². The Bertz CT molecular complexity index is 1020. The van der Waals surface area contributed by atoms with E-state index >= 15 is 0 Å². The lowest BCUT2D eigenvalue weighted by Crippen LogP contribution is -2.03. The third-order valence-electron chi connectivity index (χ3n) is 4.28. The predicted molar refractivity (Wildman–Crippen MR) is 100 cm³/mol. The van der Waals surface area contributed by atoms with Crippen molar-refractivity contribution in [3.63, 3.8) is 0 Å². The van der Waals surface area contributed by atoms with Crippen molar-refractivity contribution in [3.05, 3.63) is 42.1 Å². The fraction of sp³-hybridized carbons (Fsp3) is 0.200. The summed E-state index contributed by atoms with van der Waals surface area (Å²) in [6.45, 7) is 0. The second kappa shape index (κ2) is 7.41. The number of pyridine rings is 1. The molecule has 7 nitrogen and oxygen atoms in total. The number of methoxy groups -OCH3 is 4. The van der Waals surface area contributed by atoms with Crippen LogP contribution in [0.3, 0.4) is 0 Å². The lowest BCUT2D eigenvalue weighted by molar-refractivity contribution is 0.0697. The molecule has 140 valence electrons. The van der Waals surface area contributed by atoms with E-state index in [-0.39, 0.29) is 5.56 Å². The molecule has 0 aliphatic rings. The van der Waals surface area contributed by atoms with Gasteiger partial charge in [-0.2, -0.15) is 0 Å². The molecule has 1 heterocycles. The summed E-state index contributed by atoms with van der Waals surface area (Å²) in [5.74, 6) is 0.964. The second-order valence-corrected chi connectivity index (χ2v) is 5.65. The molecule has 0 bridgehead atoms. The van der Waals surface area contributed by atoms with Crippen molar-refractivity contribution >= 4 is 16.9 Å².